The highest BCUT2D eigenvalue weighted by atomic mass is 31.2. The predicted octanol–water partition coefficient (Wildman–Crippen LogP) is 0.871. The van der Waals surface area contributed by atoms with Crippen molar-refractivity contribution in [3.05, 3.63) is 0 Å². The summed E-state index contributed by atoms with van der Waals surface area (Å²) in [7, 11) is -0.352. The molecule has 0 saturated carbocycles. The molecule has 0 fully saturated rings. The molecule has 0 aliphatic heterocycles. The van der Waals surface area contributed by atoms with Crippen molar-refractivity contribution < 1.29 is 23.5 Å². The van der Waals surface area contributed by atoms with Gasteiger partial charge in [0.2, 0.25) is 0 Å². The highest BCUT2D eigenvalue weighted by Crippen LogP contribution is 2.41. The molecule has 0 aromatic heterocycles. The second-order valence-electron chi connectivity index (χ2n) is 2.53. The van der Waals surface area contributed by atoms with E-state index in [1.165, 1.54) is 7.11 Å². The molecule has 0 bridgehead atoms. The average molecular weight is 212 g/mol. The van der Waals surface area contributed by atoms with E-state index in [9.17, 15) is 9.46 Å². The Morgan fingerprint density at radius 2 is 1.77 bits per heavy atom. The third kappa shape index (κ3) is 8.40. The van der Waals surface area contributed by atoms with Gasteiger partial charge in [0.1, 0.15) is 0 Å². The van der Waals surface area contributed by atoms with Gasteiger partial charge >= 0.3 is 7.60 Å². The van der Waals surface area contributed by atoms with Gasteiger partial charge in [-0.2, -0.15) is 0 Å². The summed E-state index contributed by atoms with van der Waals surface area (Å²) >= 11 is 0. The zero-order valence-corrected chi connectivity index (χ0v) is 8.96. The van der Waals surface area contributed by atoms with Crippen LogP contribution in [0, 0.1) is 0 Å². The van der Waals surface area contributed by atoms with E-state index < -0.39 is 7.60 Å². The van der Waals surface area contributed by atoms with Crippen molar-refractivity contribution in [3.8, 4) is 0 Å². The lowest BCUT2D eigenvalue weighted by Crippen LogP contribution is -2.03. The van der Waals surface area contributed by atoms with Crippen molar-refractivity contribution in [1.29, 1.82) is 0 Å². The number of ether oxygens (including phenoxy) is 2. The quantitative estimate of drug-likeness (QED) is 0.477. The fourth-order valence-electron chi connectivity index (χ4n) is 0.736. The van der Waals surface area contributed by atoms with Crippen molar-refractivity contribution in [1.82, 2.24) is 0 Å². The van der Waals surface area contributed by atoms with Crippen LogP contribution < -0.4 is 0 Å². The number of rotatable bonds is 8. The predicted molar refractivity (Wildman–Crippen MR) is 49.0 cm³/mol. The van der Waals surface area contributed by atoms with Gasteiger partial charge in [0, 0.05) is 20.8 Å². The van der Waals surface area contributed by atoms with Crippen LogP contribution in [-0.2, 0) is 18.6 Å². The first-order valence-electron chi connectivity index (χ1n) is 4.06. The highest BCUT2D eigenvalue weighted by molar-refractivity contribution is 7.52. The molecule has 0 amide bonds. The van der Waals surface area contributed by atoms with E-state index in [1.807, 2.05) is 0 Å². The first kappa shape index (κ1) is 13.1. The zero-order valence-electron chi connectivity index (χ0n) is 8.06. The third-order valence-corrected chi connectivity index (χ3v) is 2.84. The van der Waals surface area contributed by atoms with Crippen LogP contribution in [-0.4, -0.2) is 45.1 Å². The third-order valence-electron chi connectivity index (χ3n) is 1.37. The monoisotopic (exact) mass is 212 g/mol. The van der Waals surface area contributed by atoms with Crippen molar-refractivity contribution in [3.63, 3.8) is 0 Å². The standard InChI is InChI=1S/C7H17O5P/c1-10-4-3-7-13(8,9)12-6-5-11-2/h3-7H2,1-2H3,(H,8,9). The van der Waals surface area contributed by atoms with Gasteiger partial charge in [-0.25, -0.2) is 0 Å². The molecule has 1 unspecified atom stereocenters. The van der Waals surface area contributed by atoms with Crippen LogP contribution in [0.5, 0.6) is 0 Å². The van der Waals surface area contributed by atoms with Crippen LogP contribution in [0.15, 0.2) is 0 Å². The molecular weight excluding hydrogens is 195 g/mol. The van der Waals surface area contributed by atoms with Gasteiger partial charge in [-0.3, -0.25) is 4.57 Å². The summed E-state index contributed by atoms with van der Waals surface area (Å²) in [6.45, 7) is 0.949. The largest absolute Gasteiger partial charge is 0.385 e. The number of hydrogen-bond acceptors (Lipinski definition) is 4. The Morgan fingerprint density at radius 1 is 1.15 bits per heavy atom. The van der Waals surface area contributed by atoms with Gasteiger partial charge in [-0.15, -0.1) is 0 Å². The SMILES string of the molecule is COCCCP(=O)(O)OCCOC. The van der Waals surface area contributed by atoms with E-state index in [0.717, 1.165) is 0 Å². The van der Waals surface area contributed by atoms with E-state index in [4.69, 9.17) is 9.26 Å². The normalized spacial score (nSPS) is 15.6. The Balaban J connectivity index is 3.49. The summed E-state index contributed by atoms with van der Waals surface area (Å²) in [5.74, 6) is 0. The zero-order chi connectivity index (χ0) is 10.2. The van der Waals surface area contributed by atoms with Crippen LogP contribution in [0.2, 0.25) is 0 Å². The lowest BCUT2D eigenvalue weighted by molar-refractivity contribution is 0.136. The fraction of sp³-hybridized carbons (Fsp3) is 1.00. The molecule has 6 heteroatoms. The van der Waals surface area contributed by atoms with Crippen LogP contribution in [0.4, 0.5) is 0 Å². The van der Waals surface area contributed by atoms with Crippen LogP contribution in [0.1, 0.15) is 6.42 Å². The summed E-state index contributed by atoms with van der Waals surface area (Å²) in [6.07, 6.45) is 0.655. The lowest BCUT2D eigenvalue weighted by atomic mass is 10.5. The minimum Gasteiger partial charge on any atom is -0.385 e. The summed E-state index contributed by atoms with van der Waals surface area (Å²) < 4.78 is 25.4. The van der Waals surface area contributed by atoms with E-state index in [2.05, 4.69) is 4.74 Å². The van der Waals surface area contributed by atoms with E-state index in [1.54, 1.807) is 7.11 Å². The molecular formula is C7H17O5P. The molecule has 1 atom stereocenters. The summed E-state index contributed by atoms with van der Waals surface area (Å²) in [4.78, 5) is 9.19. The molecule has 0 aromatic rings. The molecule has 0 heterocycles. The Bertz CT molecular complexity index is 147. The first-order valence-corrected chi connectivity index (χ1v) is 5.83. The Morgan fingerprint density at radius 3 is 2.31 bits per heavy atom. The Hall–Kier alpha value is 0.0700. The van der Waals surface area contributed by atoms with Crippen molar-refractivity contribution in [2.24, 2.45) is 0 Å². The minimum absolute atomic E-state index is 0.130. The number of methoxy groups -OCH3 is 2. The second kappa shape index (κ2) is 7.47. The average Bonchev–Trinajstić information content (AvgIpc) is 2.05. The molecule has 0 rings (SSSR count). The van der Waals surface area contributed by atoms with Crippen molar-refractivity contribution in [2.75, 3.05) is 40.2 Å². The molecule has 1 N–H and O–H groups in total. The lowest BCUT2D eigenvalue weighted by Gasteiger charge is -2.10. The van der Waals surface area contributed by atoms with Gasteiger partial charge in [0.15, 0.2) is 0 Å². The van der Waals surface area contributed by atoms with E-state index in [0.29, 0.717) is 19.6 Å². The molecule has 5 nitrogen and oxygen atoms in total. The second-order valence-corrected chi connectivity index (χ2v) is 4.51. The van der Waals surface area contributed by atoms with Gasteiger partial charge in [-0.05, 0) is 6.42 Å². The first-order chi connectivity index (χ1) is 6.12. The maximum atomic E-state index is 11.2. The van der Waals surface area contributed by atoms with Crippen LogP contribution in [0.25, 0.3) is 0 Å². The van der Waals surface area contributed by atoms with Gasteiger partial charge in [0.05, 0.1) is 19.4 Å². The molecule has 0 radical (unpaired) electrons. The van der Waals surface area contributed by atoms with Gasteiger partial charge in [0.25, 0.3) is 0 Å². The topological polar surface area (TPSA) is 65.0 Å². The minimum atomic E-state index is -3.41. The van der Waals surface area contributed by atoms with Crippen LogP contribution in [0.3, 0.4) is 0 Å². The van der Waals surface area contributed by atoms with Crippen molar-refractivity contribution >= 4 is 7.60 Å². The summed E-state index contributed by atoms with van der Waals surface area (Å²) in [5.41, 5.74) is 0. The maximum absolute atomic E-state index is 11.2. The molecule has 80 valence electrons. The number of hydrogen-bond donors (Lipinski definition) is 1. The Labute approximate surface area is 78.5 Å². The van der Waals surface area contributed by atoms with Crippen molar-refractivity contribution in [2.45, 2.75) is 6.42 Å². The molecule has 0 saturated heterocycles. The highest BCUT2D eigenvalue weighted by Gasteiger charge is 2.17. The Kier molecular flexibility index (Phi) is 7.51. The molecule has 0 aliphatic carbocycles. The van der Waals surface area contributed by atoms with Gasteiger partial charge in [-0.1, -0.05) is 0 Å². The van der Waals surface area contributed by atoms with E-state index >= 15 is 0 Å². The molecule has 0 aromatic carbocycles. The van der Waals surface area contributed by atoms with Gasteiger partial charge < -0.3 is 18.9 Å². The summed E-state index contributed by atoms with van der Waals surface area (Å²) in [5, 5.41) is 0. The molecule has 13 heavy (non-hydrogen) atoms. The molecule has 0 aliphatic rings. The molecule has 0 spiro atoms. The van der Waals surface area contributed by atoms with Crippen LogP contribution >= 0.6 is 7.60 Å². The fourth-order valence-corrected chi connectivity index (χ4v) is 1.75. The summed E-state index contributed by atoms with van der Waals surface area (Å²) in [6, 6.07) is 0. The van der Waals surface area contributed by atoms with E-state index in [-0.39, 0.29) is 12.8 Å². The smallest absolute Gasteiger partial charge is 0.328 e. The maximum Gasteiger partial charge on any atom is 0.328 e.